The Bertz CT molecular complexity index is 2610. The predicted octanol–water partition coefficient (Wildman–Crippen LogP) is 4.20. The molecule has 3 aromatic carbocycles. The lowest BCUT2D eigenvalue weighted by molar-refractivity contribution is 0.0742. The Morgan fingerprint density at radius 2 is 1.75 bits per heavy atom. The van der Waals surface area contributed by atoms with Gasteiger partial charge in [0.1, 0.15) is 18.2 Å². The Balaban J connectivity index is 0.909. The van der Waals surface area contributed by atoms with Gasteiger partial charge < -0.3 is 14.5 Å². The lowest BCUT2D eigenvalue weighted by atomic mass is 10.0. The number of halogens is 1. The maximum absolute atomic E-state index is 15.0. The number of piperazine rings is 1. The smallest absolute Gasteiger partial charge is 0.272 e. The third-order valence-electron chi connectivity index (χ3n) is 9.45. The van der Waals surface area contributed by atoms with Crippen LogP contribution in [0, 0.1) is 5.82 Å². The van der Waals surface area contributed by atoms with E-state index in [4.69, 9.17) is 4.74 Å². The van der Waals surface area contributed by atoms with Crippen molar-refractivity contribution in [3.8, 4) is 17.0 Å². The normalized spacial score (nSPS) is 13.2. The zero-order valence-corrected chi connectivity index (χ0v) is 28.8. The highest BCUT2D eigenvalue weighted by Gasteiger charge is 2.25. The molecule has 1 N–H and O–H groups in total. The molecule has 14 heteroatoms. The number of anilines is 1. The second-order valence-corrected chi connectivity index (χ2v) is 12.9. The fourth-order valence-corrected chi connectivity index (χ4v) is 6.68. The van der Waals surface area contributed by atoms with Gasteiger partial charge in [0.15, 0.2) is 0 Å². The van der Waals surface area contributed by atoms with Crippen LogP contribution >= 0.6 is 0 Å². The van der Waals surface area contributed by atoms with Crippen molar-refractivity contribution in [1.29, 1.82) is 0 Å². The number of benzene rings is 3. The first-order valence-corrected chi connectivity index (χ1v) is 17.2. The Morgan fingerprint density at radius 1 is 0.925 bits per heavy atom. The molecular formula is C39H34FN9O4. The summed E-state index contributed by atoms with van der Waals surface area (Å²) < 4.78 is 24.2. The van der Waals surface area contributed by atoms with Gasteiger partial charge in [-0.1, -0.05) is 24.3 Å². The summed E-state index contributed by atoms with van der Waals surface area (Å²) in [5, 5.41) is 17.5. The number of hydrogen-bond acceptors (Lipinski definition) is 9. The van der Waals surface area contributed by atoms with E-state index in [1.807, 2.05) is 43.6 Å². The molecule has 8 rings (SSSR count). The third-order valence-corrected chi connectivity index (χ3v) is 9.45. The van der Waals surface area contributed by atoms with E-state index in [1.54, 1.807) is 58.4 Å². The van der Waals surface area contributed by atoms with Gasteiger partial charge in [0.25, 0.3) is 17.0 Å². The lowest BCUT2D eigenvalue weighted by Crippen LogP contribution is -2.49. The van der Waals surface area contributed by atoms with E-state index < -0.39 is 5.82 Å². The fourth-order valence-electron chi connectivity index (χ4n) is 6.68. The second-order valence-electron chi connectivity index (χ2n) is 12.9. The monoisotopic (exact) mass is 711 g/mol. The van der Waals surface area contributed by atoms with E-state index in [-0.39, 0.29) is 35.7 Å². The number of nitrogens with one attached hydrogen (secondary N) is 1. The van der Waals surface area contributed by atoms with E-state index in [2.05, 4.69) is 30.3 Å². The van der Waals surface area contributed by atoms with Crippen LogP contribution in [0.5, 0.6) is 5.75 Å². The van der Waals surface area contributed by atoms with Crippen LogP contribution in [0.2, 0.25) is 0 Å². The van der Waals surface area contributed by atoms with Gasteiger partial charge in [0.2, 0.25) is 0 Å². The molecule has 0 radical (unpaired) electrons. The van der Waals surface area contributed by atoms with Crippen LogP contribution in [-0.2, 0) is 20.0 Å². The highest BCUT2D eigenvalue weighted by atomic mass is 19.1. The van der Waals surface area contributed by atoms with Gasteiger partial charge in [-0.15, -0.1) is 0 Å². The Labute approximate surface area is 301 Å². The summed E-state index contributed by atoms with van der Waals surface area (Å²) in [6.45, 7) is 2.43. The van der Waals surface area contributed by atoms with Gasteiger partial charge in [0.05, 0.1) is 40.6 Å². The van der Waals surface area contributed by atoms with Crippen molar-refractivity contribution in [1.82, 2.24) is 39.6 Å². The number of nitrogens with zero attached hydrogens (tertiary/aromatic N) is 8. The molecule has 0 bridgehead atoms. The first-order valence-electron chi connectivity index (χ1n) is 17.2. The van der Waals surface area contributed by atoms with Crippen LogP contribution in [0.1, 0.15) is 21.6 Å². The minimum atomic E-state index is -0.583. The molecule has 1 fully saturated rings. The molecule has 1 saturated heterocycles. The summed E-state index contributed by atoms with van der Waals surface area (Å²) in [6.07, 6.45) is 5.55. The summed E-state index contributed by atoms with van der Waals surface area (Å²) in [7, 11) is 1.82. The van der Waals surface area contributed by atoms with Crippen molar-refractivity contribution in [2.45, 2.75) is 13.0 Å². The van der Waals surface area contributed by atoms with E-state index in [0.29, 0.717) is 66.1 Å². The van der Waals surface area contributed by atoms with Crippen LogP contribution in [0.4, 0.5) is 10.1 Å². The standard InChI is InChI=1S/C39H34FN9O4/c1-46-24-26(23-42-46)33-10-11-37(50)49(45-33)18-19-53-36-12-13-41-34-22-27(7-8-30(34)36)47-14-16-48(17-15-47)39(52)31-20-25(6-9-32(31)40)21-35-28-4-2-3-5-29(28)38(51)44-43-35/h2-13,20,22-24H,14-19,21H2,1H3,(H,44,51). The number of hydrogen-bond donors (Lipinski definition) is 1. The number of carbonyl (C=O) groups excluding carboxylic acids is 1. The number of ether oxygens (including phenoxy) is 1. The number of aromatic amines is 1. The quantitative estimate of drug-likeness (QED) is 0.233. The van der Waals surface area contributed by atoms with Gasteiger partial charge in [-0.3, -0.25) is 24.0 Å². The number of fused-ring (bicyclic) bond motifs is 2. The molecule has 5 heterocycles. The molecule has 266 valence electrons. The highest BCUT2D eigenvalue weighted by molar-refractivity contribution is 5.95. The van der Waals surface area contributed by atoms with E-state index in [9.17, 15) is 14.4 Å². The molecule has 13 nitrogen and oxygen atoms in total. The molecule has 1 aliphatic rings. The van der Waals surface area contributed by atoms with Gasteiger partial charge >= 0.3 is 0 Å². The van der Waals surface area contributed by atoms with E-state index in [0.717, 1.165) is 22.2 Å². The Morgan fingerprint density at radius 3 is 2.57 bits per heavy atom. The second kappa shape index (κ2) is 14.1. The van der Waals surface area contributed by atoms with Crippen LogP contribution in [0.15, 0.2) is 107 Å². The van der Waals surface area contributed by atoms with Crippen molar-refractivity contribution < 1.29 is 13.9 Å². The summed E-state index contributed by atoms with van der Waals surface area (Å²) in [5.41, 5.74) is 4.02. The lowest BCUT2D eigenvalue weighted by Gasteiger charge is -2.36. The number of H-pyrrole nitrogens is 1. The minimum Gasteiger partial charge on any atom is -0.491 e. The van der Waals surface area contributed by atoms with Crippen LogP contribution < -0.4 is 20.8 Å². The first-order chi connectivity index (χ1) is 25.8. The van der Waals surface area contributed by atoms with Crippen molar-refractivity contribution in [3.63, 3.8) is 0 Å². The molecule has 0 aliphatic carbocycles. The van der Waals surface area contributed by atoms with Crippen molar-refractivity contribution in [3.05, 3.63) is 141 Å². The summed E-state index contributed by atoms with van der Waals surface area (Å²) in [5.74, 6) is -0.311. The average molecular weight is 712 g/mol. The summed E-state index contributed by atoms with van der Waals surface area (Å²) in [4.78, 5) is 46.7. The molecule has 1 aliphatic heterocycles. The van der Waals surface area contributed by atoms with E-state index in [1.165, 1.54) is 16.8 Å². The topological polar surface area (TPSA) is 144 Å². The molecule has 0 spiro atoms. The fraction of sp³-hybridized carbons (Fsp3) is 0.205. The molecule has 0 unspecified atom stereocenters. The number of aryl methyl sites for hydroxylation is 1. The Kier molecular flexibility index (Phi) is 8.92. The largest absolute Gasteiger partial charge is 0.491 e. The number of rotatable bonds is 9. The van der Waals surface area contributed by atoms with Gasteiger partial charge in [-0.25, -0.2) is 14.2 Å². The number of aromatic nitrogens is 7. The zero-order valence-electron chi connectivity index (χ0n) is 28.8. The SMILES string of the molecule is Cn1cc(-c2ccc(=O)n(CCOc3ccnc4cc(N5CCN(C(=O)c6cc(Cc7n[nH]c(=O)c8ccccc78)ccc6F)CC5)ccc34)n2)cn1. The number of pyridine rings is 1. The van der Waals surface area contributed by atoms with E-state index >= 15 is 4.39 Å². The maximum atomic E-state index is 15.0. The molecule has 1 amide bonds. The van der Waals surface area contributed by atoms with Crippen molar-refractivity contribution >= 4 is 33.3 Å². The first kappa shape index (κ1) is 33.4. The minimum absolute atomic E-state index is 0.00831. The predicted molar refractivity (Wildman–Crippen MR) is 198 cm³/mol. The average Bonchev–Trinajstić information content (AvgIpc) is 3.63. The number of amides is 1. The molecule has 4 aromatic heterocycles. The zero-order chi connectivity index (χ0) is 36.5. The van der Waals surface area contributed by atoms with Crippen molar-refractivity contribution in [2.24, 2.45) is 7.05 Å². The van der Waals surface area contributed by atoms with Gasteiger partial charge in [-0.05, 0) is 54.1 Å². The van der Waals surface area contributed by atoms with Gasteiger partial charge in [0, 0.05) is 80.1 Å². The molecular weight excluding hydrogens is 677 g/mol. The van der Waals surface area contributed by atoms with Crippen LogP contribution in [0.3, 0.4) is 0 Å². The Hall–Kier alpha value is -6.70. The highest BCUT2D eigenvalue weighted by Crippen LogP contribution is 2.29. The molecule has 7 aromatic rings. The molecule has 53 heavy (non-hydrogen) atoms. The third kappa shape index (κ3) is 6.86. The van der Waals surface area contributed by atoms with Crippen LogP contribution in [0.25, 0.3) is 32.9 Å². The maximum Gasteiger partial charge on any atom is 0.272 e. The van der Waals surface area contributed by atoms with Crippen LogP contribution in [-0.4, -0.2) is 78.3 Å². The van der Waals surface area contributed by atoms with Crippen molar-refractivity contribution in [2.75, 3.05) is 37.7 Å². The molecule has 0 atom stereocenters. The summed E-state index contributed by atoms with van der Waals surface area (Å²) >= 11 is 0. The summed E-state index contributed by atoms with van der Waals surface area (Å²) in [6, 6.07) is 22.6. The van der Waals surface area contributed by atoms with Gasteiger partial charge in [-0.2, -0.15) is 15.3 Å². The number of carbonyl (C=O) groups is 1. The molecule has 0 saturated carbocycles.